The van der Waals surface area contributed by atoms with Gasteiger partial charge in [0.25, 0.3) is 0 Å². The van der Waals surface area contributed by atoms with Crippen LogP contribution in [0.25, 0.3) is 0 Å². The standard InChI is InChI=1S/C15H22O3/c1-11(8-16)14-15(12(2)9-17-14)18-10-13-6-4-3-5-7-13/h3-7,11-12,14-16H,8-10H2,1-2H3/t11-,12-,14-,15-/m1/s1. The van der Waals surface area contributed by atoms with Crippen molar-refractivity contribution in [2.24, 2.45) is 11.8 Å². The third kappa shape index (κ3) is 3.10. The molecule has 1 aromatic rings. The lowest BCUT2D eigenvalue weighted by Gasteiger charge is -2.25. The quantitative estimate of drug-likeness (QED) is 0.871. The van der Waals surface area contributed by atoms with Crippen LogP contribution in [0.1, 0.15) is 19.4 Å². The Labute approximate surface area is 109 Å². The minimum absolute atomic E-state index is 0.00807. The van der Waals surface area contributed by atoms with Gasteiger partial charge in [-0.15, -0.1) is 0 Å². The second kappa shape index (κ2) is 6.32. The van der Waals surface area contributed by atoms with Crippen LogP contribution in [0, 0.1) is 11.8 Å². The molecule has 0 aliphatic carbocycles. The summed E-state index contributed by atoms with van der Waals surface area (Å²) >= 11 is 0. The predicted molar refractivity (Wildman–Crippen MR) is 70.2 cm³/mol. The molecule has 1 aromatic carbocycles. The molecule has 3 nitrogen and oxygen atoms in total. The Balaban J connectivity index is 1.94. The molecule has 18 heavy (non-hydrogen) atoms. The summed E-state index contributed by atoms with van der Waals surface area (Å²) in [5.41, 5.74) is 1.17. The molecule has 0 aromatic heterocycles. The molecule has 0 amide bonds. The molecular weight excluding hydrogens is 228 g/mol. The highest BCUT2D eigenvalue weighted by Crippen LogP contribution is 2.28. The fraction of sp³-hybridized carbons (Fsp3) is 0.600. The van der Waals surface area contributed by atoms with Crippen LogP contribution in [0.15, 0.2) is 30.3 Å². The van der Waals surface area contributed by atoms with E-state index in [2.05, 4.69) is 19.1 Å². The van der Waals surface area contributed by atoms with E-state index in [0.29, 0.717) is 19.1 Å². The highest BCUT2D eigenvalue weighted by molar-refractivity contribution is 5.13. The molecule has 2 rings (SSSR count). The van der Waals surface area contributed by atoms with Gasteiger partial charge in [0, 0.05) is 18.4 Å². The SMILES string of the molecule is C[C@H](CO)[C@H]1OC[C@@H](C)[C@H]1OCc1ccccc1. The molecule has 0 bridgehead atoms. The molecular formula is C15H22O3. The van der Waals surface area contributed by atoms with Crippen LogP contribution >= 0.6 is 0 Å². The number of aliphatic hydroxyl groups excluding tert-OH is 1. The maximum absolute atomic E-state index is 9.25. The summed E-state index contributed by atoms with van der Waals surface area (Å²) in [7, 11) is 0. The summed E-state index contributed by atoms with van der Waals surface area (Å²) in [6.07, 6.45) is 0.0843. The van der Waals surface area contributed by atoms with Gasteiger partial charge in [-0.1, -0.05) is 44.2 Å². The van der Waals surface area contributed by atoms with Crippen LogP contribution < -0.4 is 0 Å². The lowest BCUT2D eigenvalue weighted by molar-refractivity contribution is -0.0552. The Bertz CT molecular complexity index is 352. The number of ether oxygens (including phenoxy) is 2. The van der Waals surface area contributed by atoms with Gasteiger partial charge in [0.1, 0.15) is 0 Å². The molecule has 1 aliphatic heterocycles. The second-order valence-electron chi connectivity index (χ2n) is 5.20. The number of hydrogen-bond acceptors (Lipinski definition) is 3. The van der Waals surface area contributed by atoms with Gasteiger partial charge in [-0.3, -0.25) is 0 Å². The predicted octanol–water partition coefficient (Wildman–Crippen LogP) is 2.24. The van der Waals surface area contributed by atoms with E-state index < -0.39 is 0 Å². The lowest BCUT2D eigenvalue weighted by Crippen LogP contribution is -2.35. The fourth-order valence-corrected chi connectivity index (χ4v) is 2.39. The van der Waals surface area contributed by atoms with Crippen LogP contribution in [0.5, 0.6) is 0 Å². The summed E-state index contributed by atoms with van der Waals surface area (Å²) in [4.78, 5) is 0. The Morgan fingerprint density at radius 3 is 2.78 bits per heavy atom. The molecule has 4 atom stereocenters. The Morgan fingerprint density at radius 2 is 2.11 bits per heavy atom. The van der Waals surface area contributed by atoms with Gasteiger partial charge in [-0.25, -0.2) is 0 Å². The van der Waals surface area contributed by atoms with Gasteiger partial charge in [0.05, 0.1) is 25.4 Å². The Kier molecular flexibility index (Phi) is 4.75. The summed E-state index contributed by atoms with van der Waals surface area (Å²) in [6.45, 7) is 5.60. The first-order valence-corrected chi connectivity index (χ1v) is 6.60. The maximum atomic E-state index is 9.25. The van der Waals surface area contributed by atoms with Crippen molar-refractivity contribution in [3.63, 3.8) is 0 Å². The van der Waals surface area contributed by atoms with Crippen molar-refractivity contribution in [1.82, 2.24) is 0 Å². The van der Waals surface area contributed by atoms with E-state index in [4.69, 9.17) is 9.47 Å². The third-order valence-corrected chi connectivity index (χ3v) is 3.57. The first-order chi connectivity index (χ1) is 8.72. The van der Waals surface area contributed by atoms with Crippen molar-refractivity contribution >= 4 is 0 Å². The van der Waals surface area contributed by atoms with Gasteiger partial charge < -0.3 is 14.6 Å². The average Bonchev–Trinajstić information content (AvgIpc) is 2.78. The topological polar surface area (TPSA) is 38.7 Å². The van der Waals surface area contributed by atoms with Crippen molar-refractivity contribution in [3.05, 3.63) is 35.9 Å². The van der Waals surface area contributed by atoms with Gasteiger partial charge in [-0.05, 0) is 5.56 Å². The molecule has 1 aliphatic rings. The van der Waals surface area contributed by atoms with E-state index in [0.717, 1.165) is 0 Å². The lowest BCUT2D eigenvalue weighted by atomic mass is 9.95. The zero-order valence-corrected chi connectivity index (χ0v) is 11.1. The van der Waals surface area contributed by atoms with Crippen molar-refractivity contribution in [2.75, 3.05) is 13.2 Å². The van der Waals surface area contributed by atoms with E-state index in [1.54, 1.807) is 0 Å². The van der Waals surface area contributed by atoms with Crippen LogP contribution in [-0.2, 0) is 16.1 Å². The fourth-order valence-electron chi connectivity index (χ4n) is 2.39. The number of benzene rings is 1. The third-order valence-electron chi connectivity index (χ3n) is 3.57. The van der Waals surface area contributed by atoms with Crippen LogP contribution in [0.2, 0.25) is 0 Å². The second-order valence-corrected chi connectivity index (χ2v) is 5.20. The van der Waals surface area contributed by atoms with Crippen LogP contribution in [0.3, 0.4) is 0 Å². The zero-order chi connectivity index (χ0) is 13.0. The Morgan fingerprint density at radius 1 is 1.39 bits per heavy atom. The Hall–Kier alpha value is -0.900. The van der Waals surface area contributed by atoms with E-state index in [9.17, 15) is 5.11 Å². The smallest absolute Gasteiger partial charge is 0.0892 e. The molecule has 3 heteroatoms. The average molecular weight is 250 g/mol. The summed E-state index contributed by atoms with van der Waals surface area (Å²) in [5.74, 6) is 0.503. The van der Waals surface area contributed by atoms with E-state index in [1.807, 2.05) is 25.1 Å². The van der Waals surface area contributed by atoms with Crippen molar-refractivity contribution < 1.29 is 14.6 Å². The highest BCUT2D eigenvalue weighted by atomic mass is 16.6. The molecule has 0 unspecified atom stereocenters. The molecule has 0 saturated carbocycles. The van der Waals surface area contributed by atoms with E-state index >= 15 is 0 Å². The molecule has 0 radical (unpaired) electrons. The van der Waals surface area contributed by atoms with E-state index in [1.165, 1.54) is 5.56 Å². The first-order valence-electron chi connectivity index (χ1n) is 6.60. The van der Waals surface area contributed by atoms with Gasteiger partial charge in [-0.2, -0.15) is 0 Å². The van der Waals surface area contributed by atoms with Crippen molar-refractivity contribution in [2.45, 2.75) is 32.7 Å². The van der Waals surface area contributed by atoms with Gasteiger partial charge in [0.2, 0.25) is 0 Å². The van der Waals surface area contributed by atoms with Gasteiger partial charge >= 0.3 is 0 Å². The minimum atomic E-state index is 0.00807. The minimum Gasteiger partial charge on any atom is -0.396 e. The molecule has 0 spiro atoms. The normalized spacial score (nSPS) is 29.4. The van der Waals surface area contributed by atoms with Crippen LogP contribution in [-0.4, -0.2) is 30.5 Å². The molecule has 1 saturated heterocycles. The summed E-state index contributed by atoms with van der Waals surface area (Å²) in [6, 6.07) is 10.2. The molecule has 1 heterocycles. The number of rotatable bonds is 5. The number of hydrogen-bond donors (Lipinski definition) is 1. The summed E-state index contributed by atoms with van der Waals surface area (Å²) < 4.78 is 11.7. The summed E-state index contributed by atoms with van der Waals surface area (Å²) in [5, 5.41) is 9.25. The molecule has 1 N–H and O–H groups in total. The van der Waals surface area contributed by atoms with Crippen molar-refractivity contribution in [3.8, 4) is 0 Å². The van der Waals surface area contributed by atoms with Gasteiger partial charge in [0.15, 0.2) is 0 Å². The van der Waals surface area contributed by atoms with Crippen LogP contribution in [0.4, 0.5) is 0 Å². The molecule has 1 fully saturated rings. The van der Waals surface area contributed by atoms with E-state index in [-0.39, 0.29) is 24.7 Å². The number of aliphatic hydroxyl groups is 1. The maximum Gasteiger partial charge on any atom is 0.0892 e. The monoisotopic (exact) mass is 250 g/mol. The zero-order valence-electron chi connectivity index (χ0n) is 11.1. The highest BCUT2D eigenvalue weighted by Gasteiger charge is 2.38. The molecule has 100 valence electrons. The van der Waals surface area contributed by atoms with Crippen molar-refractivity contribution in [1.29, 1.82) is 0 Å². The largest absolute Gasteiger partial charge is 0.396 e. The first kappa shape index (κ1) is 13.5.